The first kappa shape index (κ1) is 16.5. The minimum atomic E-state index is 0.433. The Morgan fingerprint density at radius 2 is 1.57 bits per heavy atom. The molecule has 0 amide bonds. The molecule has 1 N–H and O–H groups in total. The van der Waals surface area contributed by atoms with E-state index in [2.05, 4.69) is 69.2 Å². The van der Waals surface area contributed by atoms with Gasteiger partial charge in [0.15, 0.2) is 0 Å². The molecule has 2 nitrogen and oxygen atoms in total. The Balaban J connectivity index is 1.88. The second-order valence-electron chi connectivity index (χ2n) is 7.54. The monoisotopic (exact) mass is 288 g/mol. The van der Waals surface area contributed by atoms with Gasteiger partial charge in [0.2, 0.25) is 0 Å². The Bertz CT molecular complexity index is 427. The summed E-state index contributed by atoms with van der Waals surface area (Å²) in [5.41, 5.74) is 3.28. The quantitative estimate of drug-likeness (QED) is 0.874. The predicted molar refractivity (Wildman–Crippen MR) is 91.8 cm³/mol. The first-order valence-electron chi connectivity index (χ1n) is 8.41. The van der Waals surface area contributed by atoms with E-state index < -0.39 is 0 Å². The molecule has 1 aromatic rings. The van der Waals surface area contributed by atoms with E-state index in [1.165, 1.54) is 37.1 Å². The number of nitrogens with one attached hydrogen (secondary N) is 1. The van der Waals surface area contributed by atoms with Crippen molar-refractivity contribution < 1.29 is 0 Å². The van der Waals surface area contributed by atoms with Crippen molar-refractivity contribution in [2.75, 3.05) is 26.7 Å². The Morgan fingerprint density at radius 1 is 1.05 bits per heavy atom. The van der Waals surface area contributed by atoms with Crippen molar-refractivity contribution in [3.63, 3.8) is 0 Å². The lowest BCUT2D eigenvalue weighted by Gasteiger charge is -2.38. The average molecular weight is 288 g/mol. The summed E-state index contributed by atoms with van der Waals surface area (Å²) in [6, 6.07) is 9.54. The highest BCUT2D eigenvalue weighted by molar-refractivity contribution is 5.26. The van der Waals surface area contributed by atoms with Gasteiger partial charge < -0.3 is 10.2 Å². The lowest BCUT2D eigenvalue weighted by atomic mass is 9.80. The maximum Gasteiger partial charge on any atom is 0.0292 e. The van der Waals surface area contributed by atoms with Crippen molar-refractivity contribution in [1.82, 2.24) is 10.2 Å². The molecule has 0 saturated carbocycles. The van der Waals surface area contributed by atoms with Crippen LogP contribution in [0.2, 0.25) is 0 Å². The zero-order chi connectivity index (χ0) is 15.5. The molecular formula is C19H32N2. The van der Waals surface area contributed by atoms with Crippen molar-refractivity contribution in [3.8, 4) is 0 Å². The van der Waals surface area contributed by atoms with Crippen molar-refractivity contribution in [3.05, 3.63) is 35.4 Å². The third kappa shape index (κ3) is 4.55. The molecule has 0 bridgehead atoms. The summed E-state index contributed by atoms with van der Waals surface area (Å²) in [7, 11) is 2.23. The van der Waals surface area contributed by atoms with Crippen LogP contribution >= 0.6 is 0 Å². The van der Waals surface area contributed by atoms with Crippen LogP contribution in [0.5, 0.6) is 0 Å². The molecule has 1 atom stereocenters. The largest absolute Gasteiger partial charge is 0.310 e. The van der Waals surface area contributed by atoms with Gasteiger partial charge in [-0.25, -0.2) is 0 Å². The van der Waals surface area contributed by atoms with E-state index in [4.69, 9.17) is 0 Å². The summed E-state index contributed by atoms with van der Waals surface area (Å²) in [5.74, 6) is 0.612. The fourth-order valence-corrected chi connectivity index (χ4v) is 3.02. The first-order valence-corrected chi connectivity index (χ1v) is 8.41. The average Bonchev–Trinajstić information content (AvgIpc) is 2.48. The van der Waals surface area contributed by atoms with E-state index >= 15 is 0 Å². The zero-order valence-corrected chi connectivity index (χ0v) is 14.4. The van der Waals surface area contributed by atoms with Crippen LogP contribution in [0.4, 0.5) is 0 Å². The fraction of sp³-hybridized carbons (Fsp3) is 0.684. The van der Waals surface area contributed by atoms with Crippen LogP contribution in [0.15, 0.2) is 24.3 Å². The number of likely N-dealkylation sites (tertiary alicyclic amines) is 1. The highest BCUT2D eigenvalue weighted by Gasteiger charge is 2.28. The summed E-state index contributed by atoms with van der Waals surface area (Å²) in [4.78, 5) is 2.44. The maximum atomic E-state index is 3.75. The van der Waals surface area contributed by atoms with Crippen LogP contribution in [0.25, 0.3) is 0 Å². The Hall–Kier alpha value is -0.860. The molecule has 0 spiro atoms. The third-order valence-corrected chi connectivity index (χ3v) is 5.13. The van der Waals surface area contributed by atoms with E-state index in [-0.39, 0.29) is 0 Å². The zero-order valence-electron chi connectivity index (χ0n) is 14.4. The number of hydrogen-bond acceptors (Lipinski definition) is 2. The van der Waals surface area contributed by atoms with E-state index in [0.717, 1.165) is 6.54 Å². The maximum absolute atomic E-state index is 3.75. The summed E-state index contributed by atoms with van der Waals surface area (Å²) < 4.78 is 0. The molecule has 1 aromatic carbocycles. The second kappa shape index (κ2) is 6.93. The summed E-state index contributed by atoms with van der Waals surface area (Å²) in [6.07, 6.45) is 2.60. The first-order chi connectivity index (χ1) is 9.89. The van der Waals surface area contributed by atoms with E-state index in [9.17, 15) is 0 Å². The smallest absolute Gasteiger partial charge is 0.0292 e. The molecule has 118 valence electrons. The molecule has 1 saturated heterocycles. The lowest BCUT2D eigenvalue weighted by molar-refractivity contribution is 0.134. The molecular weight excluding hydrogens is 256 g/mol. The van der Waals surface area contributed by atoms with Crippen molar-refractivity contribution >= 4 is 0 Å². The van der Waals surface area contributed by atoms with Gasteiger partial charge in [0.1, 0.15) is 0 Å². The van der Waals surface area contributed by atoms with Gasteiger partial charge in [-0.3, -0.25) is 0 Å². The Labute approximate surface area is 130 Å². The number of benzene rings is 1. The third-order valence-electron chi connectivity index (χ3n) is 5.13. The van der Waals surface area contributed by atoms with Crippen LogP contribution in [-0.4, -0.2) is 31.6 Å². The number of piperidine rings is 1. The van der Waals surface area contributed by atoms with Crippen LogP contribution in [0.1, 0.15) is 63.6 Å². The molecule has 21 heavy (non-hydrogen) atoms. The van der Waals surface area contributed by atoms with Crippen LogP contribution in [0, 0.1) is 5.41 Å². The molecule has 0 radical (unpaired) electrons. The molecule has 2 rings (SSSR count). The van der Waals surface area contributed by atoms with Crippen LogP contribution < -0.4 is 5.32 Å². The summed E-state index contributed by atoms with van der Waals surface area (Å²) in [5, 5.41) is 3.75. The summed E-state index contributed by atoms with van der Waals surface area (Å²) >= 11 is 0. The van der Waals surface area contributed by atoms with Gasteiger partial charge in [-0.1, -0.05) is 45.0 Å². The second-order valence-corrected chi connectivity index (χ2v) is 7.54. The molecule has 0 aromatic heterocycles. The van der Waals surface area contributed by atoms with E-state index in [1.54, 1.807) is 0 Å². The predicted octanol–water partition coefficient (Wildman–Crippen LogP) is 4.19. The van der Waals surface area contributed by atoms with Gasteiger partial charge in [-0.2, -0.15) is 0 Å². The highest BCUT2D eigenvalue weighted by atomic mass is 15.1. The molecule has 0 aliphatic carbocycles. The minimum absolute atomic E-state index is 0.433. The van der Waals surface area contributed by atoms with Crippen LogP contribution in [0.3, 0.4) is 0 Å². The topological polar surface area (TPSA) is 15.3 Å². The molecule has 2 heteroatoms. The van der Waals surface area contributed by atoms with Gasteiger partial charge in [0.25, 0.3) is 0 Å². The van der Waals surface area contributed by atoms with Crippen molar-refractivity contribution in [1.29, 1.82) is 0 Å². The number of hydrogen-bond donors (Lipinski definition) is 1. The molecule has 1 aliphatic heterocycles. The fourth-order valence-electron chi connectivity index (χ4n) is 3.02. The van der Waals surface area contributed by atoms with E-state index in [0.29, 0.717) is 17.4 Å². The van der Waals surface area contributed by atoms with E-state index in [1.807, 2.05) is 0 Å². The van der Waals surface area contributed by atoms with Gasteiger partial charge in [0, 0.05) is 12.6 Å². The Kier molecular flexibility index (Phi) is 5.45. The van der Waals surface area contributed by atoms with Crippen LogP contribution in [-0.2, 0) is 0 Å². The molecule has 1 aliphatic rings. The van der Waals surface area contributed by atoms with Gasteiger partial charge in [-0.15, -0.1) is 0 Å². The number of nitrogens with zero attached hydrogens (tertiary/aromatic N) is 1. The minimum Gasteiger partial charge on any atom is -0.310 e. The Morgan fingerprint density at radius 3 is 2.10 bits per heavy atom. The van der Waals surface area contributed by atoms with Crippen molar-refractivity contribution in [2.45, 2.75) is 52.5 Å². The summed E-state index contributed by atoms with van der Waals surface area (Å²) in [6.45, 7) is 12.8. The number of rotatable bonds is 5. The van der Waals surface area contributed by atoms with Gasteiger partial charge in [0.05, 0.1) is 0 Å². The van der Waals surface area contributed by atoms with Crippen molar-refractivity contribution in [2.24, 2.45) is 5.41 Å². The SMILES string of the molecule is CC(C)c1ccc(C(C)NCC2(C)CCN(C)CC2)cc1. The lowest BCUT2D eigenvalue weighted by Crippen LogP contribution is -2.42. The normalized spacial score (nSPS) is 20.7. The standard InChI is InChI=1S/C19H32N2/c1-15(2)17-6-8-18(9-7-17)16(3)20-14-19(4)10-12-21(5)13-11-19/h6-9,15-16,20H,10-14H2,1-5H3. The van der Waals surface area contributed by atoms with Gasteiger partial charge in [-0.05, 0) is 62.4 Å². The molecule has 1 heterocycles. The highest BCUT2D eigenvalue weighted by Crippen LogP contribution is 2.30. The molecule has 1 fully saturated rings. The van der Waals surface area contributed by atoms with Gasteiger partial charge >= 0.3 is 0 Å². The molecule has 1 unspecified atom stereocenters.